The van der Waals surface area contributed by atoms with Crippen LogP contribution in [-0.4, -0.2) is 23.8 Å². The normalized spacial score (nSPS) is 23.4. The lowest BCUT2D eigenvalue weighted by atomic mass is 10.1. The molecular formula is C8H12O3. The van der Waals surface area contributed by atoms with Gasteiger partial charge in [-0.3, -0.25) is 0 Å². The zero-order chi connectivity index (χ0) is 8.27. The highest BCUT2D eigenvalue weighted by Gasteiger charge is 2.22. The first kappa shape index (κ1) is 8.27. The Labute approximate surface area is 65.7 Å². The summed E-state index contributed by atoms with van der Waals surface area (Å²) in [5, 5.41) is 8.60. The summed E-state index contributed by atoms with van der Waals surface area (Å²) in [6, 6.07) is 0. The molecule has 0 aromatic heterocycles. The number of carboxylic acid groups (broad SMARTS) is 1. The van der Waals surface area contributed by atoms with Crippen molar-refractivity contribution < 1.29 is 14.6 Å². The first-order valence-corrected chi connectivity index (χ1v) is 3.74. The molecular weight excluding hydrogens is 144 g/mol. The largest absolute Gasteiger partial charge is 0.478 e. The highest BCUT2D eigenvalue weighted by atomic mass is 16.6. The number of carbonyl (C=O) groups is 1. The standard InChI is InChI=1S/C8H12O3/c1-2-6(8(9)10)3-4-7-5-11-7/h2,7H,3-5H2,1H3,(H,9,10). The van der Waals surface area contributed by atoms with Crippen molar-refractivity contribution in [1.82, 2.24) is 0 Å². The second-order valence-corrected chi connectivity index (χ2v) is 2.61. The van der Waals surface area contributed by atoms with Crippen molar-refractivity contribution in [1.29, 1.82) is 0 Å². The van der Waals surface area contributed by atoms with E-state index in [4.69, 9.17) is 9.84 Å². The average molecular weight is 156 g/mol. The topological polar surface area (TPSA) is 49.8 Å². The van der Waals surface area contributed by atoms with E-state index in [1.165, 1.54) is 0 Å². The smallest absolute Gasteiger partial charge is 0.331 e. The third-order valence-electron chi connectivity index (χ3n) is 1.76. The number of carboxylic acids is 1. The summed E-state index contributed by atoms with van der Waals surface area (Å²) in [7, 11) is 0. The van der Waals surface area contributed by atoms with Crippen molar-refractivity contribution >= 4 is 5.97 Å². The summed E-state index contributed by atoms with van der Waals surface area (Å²) in [6.45, 7) is 2.55. The number of hydrogen-bond donors (Lipinski definition) is 1. The van der Waals surface area contributed by atoms with E-state index < -0.39 is 5.97 Å². The maximum absolute atomic E-state index is 10.5. The van der Waals surface area contributed by atoms with Gasteiger partial charge in [-0.25, -0.2) is 4.79 Å². The van der Waals surface area contributed by atoms with Crippen LogP contribution in [0.2, 0.25) is 0 Å². The van der Waals surface area contributed by atoms with E-state index in [-0.39, 0.29) is 0 Å². The van der Waals surface area contributed by atoms with Gasteiger partial charge >= 0.3 is 5.97 Å². The minimum Gasteiger partial charge on any atom is -0.478 e. The lowest BCUT2D eigenvalue weighted by molar-refractivity contribution is -0.132. The van der Waals surface area contributed by atoms with Gasteiger partial charge < -0.3 is 9.84 Å². The molecule has 0 aromatic rings. The average Bonchev–Trinajstić information content (AvgIpc) is 2.72. The van der Waals surface area contributed by atoms with E-state index in [1.54, 1.807) is 13.0 Å². The van der Waals surface area contributed by atoms with Crippen LogP contribution in [0.15, 0.2) is 11.6 Å². The van der Waals surface area contributed by atoms with Crippen molar-refractivity contribution in [3.63, 3.8) is 0 Å². The molecule has 1 N–H and O–H groups in total. The summed E-state index contributed by atoms with van der Waals surface area (Å²) in [6.07, 6.45) is 3.43. The maximum atomic E-state index is 10.5. The molecule has 1 aliphatic heterocycles. The summed E-state index contributed by atoms with van der Waals surface area (Å²) in [5.74, 6) is -0.812. The molecule has 1 unspecified atom stereocenters. The van der Waals surface area contributed by atoms with E-state index >= 15 is 0 Å². The third-order valence-corrected chi connectivity index (χ3v) is 1.76. The van der Waals surface area contributed by atoms with E-state index in [0.29, 0.717) is 18.1 Å². The fourth-order valence-corrected chi connectivity index (χ4v) is 0.926. The van der Waals surface area contributed by atoms with Crippen LogP contribution in [0.1, 0.15) is 19.8 Å². The van der Waals surface area contributed by atoms with Crippen molar-refractivity contribution in [2.75, 3.05) is 6.61 Å². The van der Waals surface area contributed by atoms with Crippen LogP contribution < -0.4 is 0 Å². The Morgan fingerprint density at radius 3 is 2.82 bits per heavy atom. The molecule has 1 saturated heterocycles. The van der Waals surface area contributed by atoms with E-state index in [9.17, 15) is 4.79 Å². The van der Waals surface area contributed by atoms with Crippen LogP contribution >= 0.6 is 0 Å². The van der Waals surface area contributed by atoms with Crippen LogP contribution in [-0.2, 0) is 9.53 Å². The summed E-state index contributed by atoms with van der Waals surface area (Å²) >= 11 is 0. The van der Waals surface area contributed by atoms with E-state index in [2.05, 4.69) is 0 Å². The minimum atomic E-state index is -0.812. The molecule has 0 bridgehead atoms. The van der Waals surface area contributed by atoms with Gasteiger partial charge in [-0.15, -0.1) is 0 Å². The monoisotopic (exact) mass is 156 g/mol. The number of hydrogen-bond acceptors (Lipinski definition) is 2. The molecule has 1 heterocycles. The number of allylic oxidation sites excluding steroid dienone is 1. The molecule has 0 aromatic carbocycles. The molecule has 1 atom stereocenters. The Hall–Kier alpha value is -0.830. The summed E-state index contributed by atoms with van der Waals surface area (Å²) in [5.41, 5.74) is 0.487. The van der Waals surface area contributed by atoms with Gasteiger partial charge in [0.1, 0.15) is 0 Å². The molecule has 3 nitrogen and oxygen atoms in total. The molecule has 0 aliphatic carbocycles. The molecule has 1 fully saturated rings. The van der Waals surface area contributed by atoms with Crippen molar-refractivity contribution in [2.24, 2.45) is 0 Å². The minimum absolute atomic E-state index is 0.323. The first-order valence-electron chi connectivity index (χ1n) is 3.74. The maximum Gasteiger partial charge on any atom is 0.331 e. The van der Waals surface area contributed by atoms with E-state index in [0.717, 1.165) is 13.0 Å². The predicted octanol–water partition coefficient (Wildman–Crippen LogP) is 1.20. The van der Waals surface area contributed by atoms with Crippen molar-refractivity contribution in [3.05, 3.63) is 11.6 Å². The van der Waals surface area contributed by atoms with Crippen LogP contribution in [0.5, 0.6) is 0 Å². The molecule has 1 aliphatic rings. The Bertz CT molecular complexity index is 180. The third kappa shape index (κ3) is 2.72. The number of rotatable bonds is 4. The molecule has 62 valence electrons. The SMILES string of the molecule is CC=C(CCC1CO1)C(=O)O. The zero-order valence-corrected chi connectivity index (χ0v) is 6.54. The van der Waals surface area contributed by atoms with Gasteiger partial charge in [0.2, 0.25) is 0 Å². The lowest BCUT2D eigenvalue weighted by Gasteiger charge is -1.97. The number of epoxide rings is 1. The number of ether oxygens (including phenoxy) is 1. The van der Waals surface area contributed by atoms with Crippen LogP contribution in [0.3, 0.4) is 0 Å². The zero-order valence-electron chi connectivity index (χ0n) is 6.54. The van der Waals surface area contributed by atoms with Crippen molar-refractivity contribution in [3.8, 4) is 0 Å². The van der Waals surface area contributed by atoms with Gasteiger partial charge in [0, 0.05) is 5.57 Å². The quantitative estimate of drug-likeness (QED) is 0.491. The Balaban J connectivity index is 2.25. The van der Waals surface area contributed by atoms with Gasteiger partial charge in [-0.1, -0.05) is 6.08 Å². The van der Waals surface area contributed by atoms with Gasteiger partial charge in [0.25, 0.3) is 0 Å². The van der Waals surface area contributed by atoms with E-state index in [1.807, 2.05) is 0 Å². The Morgan fingerprint density at radius 2 is 2.45 bits per heavy atom. The second-order valence-electron chi connectivity index (χ2n) is 2.61. The van der Waals surface area contributed by atoms with Gasteiger partial charge in [-0.05, 0) is 19.8 Å². The van der Waals surface area contributed by atoms with Gasteiger partial charge in [0.05, 0.1) is 12.7 Å². The predicted molar refractivity (Wildman–Crippen MR) is 40.4 cm³/mol. The fraction of sp³-hybridized carbons (Fsp3) is 0.625. The van der Waals surface area contributed by atoms with Gasteiger partial charge in [0.15, 0.2) is 0 Å². The highest BCUT2D eigenvalue weighted by Crippen LogP contribution is 2.18. The van der Waals surface area contributed by atoms with Crippen LogP contribution in [0, 0.1) is 0 Å². The fourth-order valence-electron chi connectivity index (χ4n) is 0.926. The first-order chi connectivity index (χ1) is 5.24. The summed E-state index contributed by atoms with van der Waals surface area (Å²) < 4.78 is 4.96. The molecule has 0 radical (unpaired) electrons. The van der Waals surface area contributed by atoms with Gasteiger partial charge in [-0.2, -0.15) is 0 Å². The van der Waals surface area contributed by atoms with Crippen molar-refractivity contribution in [2.45, 2.75) is 25.9 Å². The van der Waals surface area contributed by atoms with Crippen LogP contribution in [0.4, 0.5) is 0 Å². The molecule has 3 heteroatoms. The summed E-state index contributed by atoms with van der Waals surface area (Å²) in [4.78, 5) is 10.5. The molecule has 0 saturated carbocycles. The highest BCUT2D eigenvalue weighted by molar-refractivity contribution is 5.86. The Morgan fingerprint density at radius 1 is 1.82 bits per heavy atom. The van der Waals surface area contributed by atoms with Crippen LogP contribution in [0.25, 0.3) is 0 Å². The molecule has 1 rings (SSSR count). The second kappa shape index (κ2) is 3.53. The molecule has 0 spiro atoms. The molecule has 11 heavy (non-hydrogen) atoms. The lowest BCUT2D eigenvalue weighted by Crippen LogP contribution is -2.01. The number of aliphatic carboxylic acids is 1. The Kier molecular flexibility index (Phi) is 2.65. The molecule has 0 amide bonds.